The average molecular weight is 481 g/mol. The predicted octanol–water partition coefficient (Wildman–Crippen LogP) is 5.00. The number of nitrogens with zero attached hydrogens (tertiary/aromatic N) is 3. The number of benzene rings is 3. The van der Waals surface area contributed by atoms with Crippen LogP contribution in [0.15, 0.2) is 91.1 Å². The van der Waals surface area contributed by atoms with Crippen molar-refractivity contribution in [3.8, 4) is 17.0 Å². The van der Waals surface area contributed by atoms with E-state index in [1.165, 1.54) is 5.56 Å². The summed E-state index contributed by atoms with van der Waals surface area (Å²) >= 11 is 0. The molecule has 0 spiro atoms. The second-order valence-corrected chi connectivity index (χ2v) is 9.28. The van der Waals surface area contributed by atoms with Crippen LogP contribution in [0, 0.1) is 0 Å². The third-order valence-corrected chi connectivity index (χ3v) is 6.75. The first kappa shape index (κ1) is 23.8. The highest BCUT2D eigenvalue weighted by molar-refractivity contribution is 6.00. The van der Waals surface area contributed by atoms with Crippen LogP contribution in [0.3, 0.4) is 0 Å². The van der Waals surface area contributed by atoms with Gasteiger partial charge in [-0.15, -0.1) is 0 Å². The Labute approximate surface area is 212 Å². The molecule has 1 N–H and O–H groups in total. The van der Waals surface area contributed by atoms with Crippen LogP contribution < -0.4 is 10.1 Å². The first-order valence-corrected chi connectivity index (χ1v) is 12.5. The summed E-state index contributed by atoms with van der Waals surface area (Å²) in [6.07, 6.45) is 3.71. The van der Waals surface area contributed by atoms with Crippen molar-refractivity contribution in [1.82, 2.24) is 20.0 Å². The van der Waals surface area contributed by atoms with Gasteiger partial charge < -0.3 is 10.1 Å². The van der Waals surface area contributed by atoms with E-state index in [0.29, 0.717) is 12.1 Å². The van der Waals surface area contributed by atoms with Gasteiger partial charge in [-0.1, -0.05) is 78.9 Å². The summed E-state index contributed by atoms with van der Waals surface area (Å²) in [5.74, 6) is 0.866. The molecule has 6 nitrogen and oxygen atoms in total. The molecule has 1 aromatic heterocycles. The lowest BCUT2D eigenvalue weighted by Gasteiger charge is -2.32. The number of ether oxygens (including phenoxy) is 1. The van der Waals surface area contributed by atoms with Crippen LogP contribution in [0.1, 0.15) is 34.3 Å². The summed E-state index contributed by atoms with van der Waals surface area (Å²) in [7, 11) is 1.71. The Hall–Kier alpha value is -3.90. The predicted molar refractivity (Wildman–Crippen MR) is 142 cm³/mol. The van der Waals surface area contributed by atoms with E-state index < -0.39 is 0 Å². The van der Waals surface area contributed by atoms with Crippen molar-refractivity contribution in [2.75, 3.05) is 20.2 Å². The first-order chi connectivity index (χ1) is 17.7. The number of carbonyl (C=O) groups excluding carboxylic acids is 1. The van der Waals surface area contributed by atoms with Gasteiger partial charge in [0.25, 0.3) is 5.91 Å². The highest BCUT2D eigenvalue weighted by Gasteiger charge is 2.24. The molecule has 0 bridgehead atoms. The molecule has 0 saturated carbocycles. The molecule has 0 radical (unpaired) electrons. The van der Waals surface area contributed by atoms with E-state index in [1.807, 2.05) is 77.6 Å². The molecular weight excluding hydrogens is 448 g/mol. The molecule has 36 heavy (non-hydrogen) atoms. The number of hydrogen-bond acceptors (Lipinski definition) is 4. The third kappa shape index (κ3) is 5.66. The molecule has 4 aromatic rings. The minimum absolute atomic E-state index is 0.0589. The van der Waals surface area contributed by atoms with Crippen LogP contribution in [0.4, 0.5) is 0 Å². The van der Waals surface area contributed by atoms with E-state index >= 15 is 0 Å². The van der Waals surface area contributed by atoms with Crippen LogP contribution >= 0.6 is 0 Å². The van der Waals surface area contributed by atoms with Gasteiger partial charge in [0.05, 0.1) is 19.2 Å². The number of hydrogen-bond donors (Lipinski definition) is 1. The molecule has 6 heteroatoms. The standard InChI is InChI=1S/C30H32N4O2/c1-36-28-15-9-8-14-25(28)21-33-18-16-26(17-19-33)31-30(35)27-22-34(20-23-10-4-2-5-11-23)32-29(27)24-12-6-3-7-13-24/h2-15,22,26H,16-21H2,1H3,(H,31,35). The molecule has 1 fully saturated rings. The van der Waals surface area contributed by atoms with Crippen molar-refractivity contribution in [3.05, 3.63) is 108 Å². The van der Waals surface area contributed by atoms with Gasteiger partial charge in [-0.2, -0.15) is 5.10 Å². The zero-order valence-electron chi connectivity index (χ0n) is 20.6. The largest absolute Gasteiger partial charge is 0.496 e. The van der Waals surface area contributed by atoms with E-state index in [-0.39, 0.29) is 11.9 Å². The smallest absolute Gasteiger partial charge is 0.255 e. The Morgan fingerprint density at radius 1 is 0.917 bits per heavy atom. The molecule has 184 valence electrons. The summed E-state index contributed by atoms with van der Waals surface area (Å²) < 4.78 is 7.37. The van der Waals surface area contributed by atoms with Gasteiger partial charge in [0.2, 0.25) is 0 Å². The van der Waals surface area contributed by atoms with Crippen molar-refractivity contribution < 1.29 is 9.53 Å². The number of para-hydroxylation sites is 1. The van der Waals surface area contributed by atoms with Crippen LogP contribution in [-0.4, -0.2) is 46.8 Å². The number of rotatable bonds is 8. The average Bonchev–Trinajstić information content (AvgIpc) is 3.35. The number of amides is 1. The molecule has 1 saturated heterocycles. The Kier molecular flexibility index (Phi) is 7.43. The number of nitrogens with one attached hydrogen (secondary N) is 1. The zero-order chi connectivity index (χ0) is 24.7. The monoisotopic (exact) mass is 480 g/mol. The normalized spacial score (nSPS) is 14.5. The summed E-state index contributed by atoms with van der Waals surface area (Å²) in [4.78, 5) is 15.9. The molecule has 5 rings (SSSR count). The van der Waals surface area contributed by atoms with Crippen LogP contribution in [0.5, 0.6) is 5.75 Å². The van der Waals surface area contributed by atoms with Gasteiger partial charge in [0.1, 0.15) is 11.4 Å². The quantitative estimate of drug-likeness (QED) is 0.386. The highest BCUT2D eigenvalue weighted by Crippen LogP contribution is 2.24. The van der Waals surface area contributed by atoms with Gasteiger partial charge >= 0.3 is 0 Å². The summed E-state index contributed by atoms with van der Waals surface area (Å²) in [5, 5.41) is 8.09. The van der Waals surface area contributed by atoms with Gasteiger partial charge in [-0.25, -0.2) is 0 Å². The Bertz CT molecular complexity index is 1280. The van der Waals surface area contributed by atoms with E-state index in [1.54, 1.807) is 7.11 Å². The molecule has 3 aromatic carbocycles. The molecule has 1 aliphatic heterocycles. The van der Waals surface area contributed by atoms with Crippen LogP contribution in [-0.2, 0) is 13.1 Å². The van der Waals surface area contributed by atoms with Crippen molar-refractivity contribution in [1.29, 1.82) is 0 Å². The van der Waals surface area contributed by atoms with E-state index in [2.05, 4.69) is 28.4 Å². The lowest BCUT2D eigenvalue weighted by molar-refractivity contribution is 0.0909. The molecule has 0 atom stereocenters. The number of piperidine rings is 1. The third-order valence-electron chi connectivity index (χ3n) is 6.75. The molecular formula is C30H32N4O2. The number of likely N-dealkylation sites (tertiary alicyclic amines) is 1. The van der Waals surface area contributed by atoms with Crippen molar-refractivity contribution in [2.45, 2.75) is 32.0 Å². The molecule has 2 heterocycles. The molecule has 1 aliphatic rings. The van der Waals surface area contributed by atoms with Gasteiger partial charge in [0, 0.05) is 43.0 Å². The van der Waals surface area contributed by atoms with Crippen LogP contribution in [0.2, 0.25) is 0 Å². The molecule has 0 unspecified atom stereocenters. The fourth-order valence-corrected chi connectivity index (χ4v) is 4.82. The minimum atomic E-state index is -0.0589. The fourth-order valence-electron chi connectivity index (χ4n) is 4.82. The topological polar surface area (TPSA) is 59.4 Å². The second kappa shape index (κ2) is 11.2. The number of aromatic nitrogens is 2. The molecule has 0 aliphatic carbocycles. The van der Waals surface area contributed by atoms with Gasteiger partial charge in [-0.05, 0) is 24.5 Å². The van der Waals surface area contributed by atoms with E-state index in [0.717, 1.165) is 55.0 Å². The van der Waals surface area contributed by atoms with Gasteiger partial charge in [-0.3, -0.25) is 14.4 Å². The Morgan fingerprint density at radius 3 is 2.31 bits per heavy atom. The number of carbonyl (C=O) groups is 1. The molecule has 1 amide bonds. The maximum absolute atomic E-state index is 13.4. The Morgan fingerprint density at radius 2 is 1.58 bits per heavy atom. The lowest BCUT2D eigenvalue weighted by atomic mass is 10.0. The van der Waals surface area contributed by atoms with E-state index in [4.69, 9.17) is 9.84 Å². The Balaban J connectivity index is 1.26. The van der Waals surface area contributed by atoms with Crippen molar-refractivity contribution in [3.63, 3.8) is 0 Å². The van der Waals surface area contributed by atoms with E-state index in [9.17, 15) is 4.79 Å². The maximum atomic E-state index is 13.4. The maximum Gasteiger partial charge on any atom is 0.255 e. The van der Waals surface area contributed by atoms with Gasteiger partial charge in [0.15, 0.2) is 0 Å². The summed E-state index contributed by atoms with van der Waals surface area (Å²) in [6.45, 7) is 3.34. The van der Waals surface area contributed by atoms with Crippen molar-refractivity contribution >= 4 is 5.91 Å². The fraction of sp³-hybridized carbons (Fsp3) is 0.267. The van der Waals surface area contributed by atoms with Crippen LogP contribution in [0.25, 0.3) is 11.3 Å². The second-order valence-electron chi connectivity index (χ2n) is 9.28. The summed E-state index contributed by atoms with van der Waals surface area (Å²) in [6, 6.07) is 28.4. The zero-order valence-corrected chi connectivity index (χ0v) is 20.6. The first-order valence-electron chi connectivity index (χ1n) is 12.5. The highest BCUT2D eigenvalue weighted by atomic mass is 16.5. The lowest BCUT2D eigenvalue weighted by Crippen LogP contribution is -2.44. The SMILES string of the molecule is COc1ccccc1CN1CCC(NC(=O)c2cn(Cc3ccccc3)nc2-c2ccccc2)CC1. The number of methoxy groups -OCH3 is 1. The van der Waals surface area contributed by atoms with Crippen molar-refractivity contribution in [2.24, 2.45) is 0 Å². The summed E-state index contributed by atoms with van der Waals surface area (Å²) in [5.41, 5.74) is 4.63. The minimum Gasteiger partial charge on any atom is -0.496 e.